The molecule has 1 aromatic carbocycles. The summed E-state index contributed by atoms with van der Waals surface area (Å²) < 4.78 is 41.8. The second kappa shape index (κ2) is 5.47. The molecule has 2 aromatic heterocycles. The Balaban J connectivity index is 1.91. The minimum Gasteiger partial charge on any atom is -0.406 e. The van der Waals surface area contributed by atoms with Crippen molar-refractivity contribution in [2.75, 3.05) is 0 Å². The van der Waals surface area contributed by atoms with Gasteiger partial charge in [-0.25, -0.2) is 9.97 Å². The van der Waals surface area contributed by atoms with Gasteiger partial charge in [0.25, 0.3) is 0 Å². The number of rotatable bonds is 3. The van der Waals surface area contributed by atoms with Gasteiger partial charge >= 0.3 is 6.36 Å². The fraction of sp³-hybridized carbons (Fsp3) is 0.0714. The highest BCUT2D eigenvalue weighted by Gasteiger charge is 2.31. The van der Waals surface area contributed by atoms with Crippen LogP contribution in [0.15, 0.2) is 55.0 Å². The Morgan fingerprint density at radius 2 is 1.73 bits per heavy atom. The van der Waals surface area contributed by atoms with Crippen LogP contribution < -0.4 is 4.74 Å². The largest absolute Gasteiger partial charge is 0.573 e. The molecule has 0 aliphatic carbocycles. The SMILES string of the molecule is FC(F)(F)Oc1ccc(-c2ncnn2-c2ccccn2)cc1. The van der Waals surface area contributed by atoms with E-state index in [1.54, 1.807) is 24.4 Å². The normalized spacial score (nSPS) is 11.4. The number of nitrogens with zero attached hydrogens (tertiary/aromatic N) is 4. The van der Waals surface area contributed by atoms with Crippen molar-refractivity contribution < 1.29 is 17.9 Å². The lowest BCUT2D eigenvalue weighted by Gasteiger charge is -2.09. The van der Waals surface area contributed by atoms with Gasteiger partial charge in [0.1, 0.15) is 12.1 Å². The van der Waals surface area contributed by atoms with Gasteiger partial charge in [0.15, 0.2) is 11.6 Å². The molecule has 0 aliphatic heterocycles. The van der Waals surface area contributed by atoms with Gasteiger partial charge in [0.2, 0.25) is 0 Å². The number of aromatic nitrogens is 4. The van der Waals surface area contributed by atoms with Crippen LogP contribution in [-0.2, 0) is 0 Å². The molecule has 0 atom stereocenters. The first kappa shape index (κ1) is 14.1. The molecule has 22 heavy (non-hydrogen) atoms. The lowest BCUT2D eigenvalue weighted by Crippen LogP contribution is -2.16. The number of benzene rings is 1. The predicted molar refractivity (Wildman–Crippen MR) is 71.3 cm³/mol. The van der Waals surface area contributed by atoms with E-state index >= 15 is 0 Å². The minimum atomic E-state index is -4.71. The number of alkyl halides is 3. The standard InChI is InChI=1S/C14H9F3N4O/c15-14(16,17)22-11-6-4-10(5-7-11)13-19-9-20-21(13)12-3-1-2-8-18-12/h1-9H. The Hall–Kier alpha value is -2.90. The molecule has 0 spiro atoms. The van der Waals surface area contributed by atoms with Crippen LogP contribution in [0.1, 0.15) is 0 Å². The maximum absolute atomic E-state index is 12.1. The fourth-order valence-electron chi connectivity index (χ4n) is 1.89. The monoisotopic (exact) mass is 306 g/mol. The Bertz CT molecular complexity index is 754. The van der Waals surface area contributed by atoms with E-state index in [2.05, 4.69) is 19.8 Å². The third-order valence-electron chi connectivity index (χ3n) is 2.76. The molecule has 0 saturated heterocycles. The van der Waals surface area contributed by atoms with Crippen LogP contribution >= 0.6 is 0 Å². The van der Waals surface area contributed by atoms with Gasteiger partial charge in [0, 0.05) is 11.8 Å². The summed E-state index contributed by atoms with van der Waals surface area (Å²) in [5.74, 6) is 0.739. The average molecular weight is 306 g/mol. The Morgan fingerprint density at radius 1 is 0.955 bits per heavy atom. The average Bonchev–Trinajstić information content (AvgIpc) is 2.97. The zero-order valence-corrected chi connectivity index (χ0v) is 11.0. The molecule has 8 heteroatoms. The molecular weight excluding hydrogens is 297 g/mol. The van der Waals surface area contributed by atoms with Crippen molar-refractivity contribution >= 4 is 0 Å². The van der Waals surface area contributed by atoms with Crippen molar-refractivity contribution in [1.29, 1.82) is 0 Å². The molecule has 5 nitrogen and oxygen atoms in total. The second-order valence-electron chi connectivity index (χ2n) is 4.26. The summed E-state index contributed by atoms with van der Waals surface area (Å²) in [7, 11) is 0. The predicted octanol–water partition coefficient (Wildman–Crippen LogP) is 3.23. The number of ether oxygens (including phenoxy) is 1. The van der Waals surface area contributed by atoms with Crippen LogP contribution in [0.2, 0.25) is 0 Å². The summed E-state index contributed by atoms with van der Waals surface area (Å²) in [6, 6.07) is 10.7. The molecule has 0 bridgehead atoms. The molecule has 2 heterocycles. The third-order valence-corrected chi connectivity index (χ3v) is 2.76. The van der Waals surface area contributed by atoms with E-state index < -0.39 is 6.36 Å². The minimum absolute atomic E-state index is 0.292. The topological polar surface area (TPSA) is 52.8 Å². The van der Waals surface area contributed by atoms with Crippen molar-refractivity contribution in [3.05, 3.63) is 55.0 Å². The number of hydrogen-bond acceptors (Lipinski definition) is 4. The summed E-state index contributed by atoms with van der Waals surface area (Å²) in [4.78, 5) is 8.28. The van der Waals surface area contributed by atoms with Crippen LogP contribution in [-0.4, -0.2) is 26.1 Å². The molecule has 0 saturated carbocycles. The van der Waals surface area contributed by atoms with Gasteiger partial charge in [-0.15, -0.1) is 13.2 Å². The quantitative estimate of drug-likeness (QED) is 0.745. The van der Waals surface area contributed by atoms with Crippen LogP contribution in [0.3, 0.4) is 0 Å². The van der Waals surface area contributed by atoms with Gasteiger partial charge in [-0.1, -0.05) is 6.07 Å². The van der Waals surface area contributed by atoms with E-state index in [4.69, 9.17) is 0 Å². The first-order valence-corrected chi connectivity index (χ1v) is 6.20. The van der Waals surface area contributed by atoms with Crippen molar-refractivity contribution in [3.8, 4) is 23.0 Å². The number of halogens is 3. The van der Waals surface area contributed by atoms with Gasteiger partial charge in [-0.3, -0.25) is 0 Å². The molecule has 3 rings (SSSR count). The summed E-state index contributed by atoms with van der Waals surface area (Å²) in [6.07, 6.45) is -1.75. The Labute approximate surface area is 123 Å². The van der Waals surface area contributed by atoms with Crippen LogP contribution in [0.4, 0.5) is 13.2 Å². The molecule has 3 aromatic rings. The van der Waals surface area contributed by atoms with Crippen LogP contribution in [0, 0.1) is 0 Å². The summed E-state index contributed by atoms with van der Waals surface area (Å²) in [6.45, 7) is 0. The van der Waals surface area contributed by atoms with E-state index in [0.29, 0.717) is 17.2 Å². The van der Waals surface area contributed by atoms with Gasteiger partial charge < -0.3 is 4.74 Å². The zero-order chi connectivity index (χ0) is 15.6. The molecule has 0 N–H and O–H groups in total. The Kier molecular flexibility index (Phi) is 3.50. The van der Waals surface area contributed by atoms with Crippen molar-refractivity contribution in [1.82, 2.24) is 19.7 Å². The van der Waals surface area contributed by atoms with Gasteiger partial charge in [-0.2, -0.15) is 9.78 Å². The van der Waals surface area contributed by atoms with Crippen molar-refractivity contribution in [2.24, 2.45) is 0 Å². The van der Waals surface area contributed by atoms with Gasteiger partial charge in [-0.05, 0) is 36.4 Å². The summed E-state index contributed by atoms with van der Waals surface area (Å²) >= 11 is 0. The Morgan fingerprint density at radius 3 is 2.36 bits per heavy atom. The van der Waals surface area contributed by atoms with E-state index in [-0.39, 0.29) is 5.75 Å². The van der Waals surface area contributed by atoms with Crippen LogP contribution in [0.5, 0.6) is 5.75 Å². The third kappa shape index (κ3) is 3.05. The van der Waals surface area contributed by atoms with Gasteiger partial charge in [0.05, 0.1) is 0 Å². The smallest absolute Gasteiger partial charge is 0.406 e. The number of hydrogen-bond donors (Lipinski definition) is 0. The van der Waals surface area contributed by atoms with E-state index in [1.165, 1.54) is 35.3 Å². The second-order valence-corrected chi connectivity index (χ2v) is 4.26. The highest BCUT2D eigenvalue weighted by molar-refractivity contribution is 5.58. The molecular formula is C14H9F3N4O. The molecule has 0 radical (unpaired) electrons. The van der Waals surface area contributed by atoms with E-state index in [0.717, 1.165) is 0 Å². The number of pyridine rings is 1. The van der Waals surface area contributed by atoms with Crippen molar-refractivity contribution in [3.63, 3.8) is 0 Å². The maximum Gasteiger partial charge on any atom is 0.573 e. The molecule has 0 unspecified atom stereocenters. The fourth-order valence-corrected chi connectivity index (χ4v) is 1.89. The maximum atomic E-state index is 12.1. The lowest BCUT2D eigenvalue weighted by molar-refractivity contribution is -0.274. The summed E-state index contributed by atoms with van der Waals surface area (Å²) in [5.41, 5.74) is 0.595. The highest BCUT2D eigenvalue weighted by Crippen LogP contribution is 2.26. The van der Waals surface area contributed by atoms with Crippen molar-refractivity contribution in [2.45, 2.75) is 6.36 Å². The van der Waals surface area contributed by atoms with Crippen LogP contribution in [0.25, 0.3) is 17.2 Å². The highest BCUT2D eigenvalue weighted by atomic mass is 19.4. The zero-order valence-electron chi connectivity index (χ0n) is 11.0. The molecule has 0 amide bonds. The van der Waals surface area contributed by atoms with E-state index in [1.807, 2.05) is 0 Å². The summed E-state index contributed by atoms with van der Waals surface area (Å²) in [5, 5.41) is 4.08. The molecule has 0 fully saturated rings. The first-order valence-electron chi connectivity index (χ1n) is 6.20. The lowest BCUT2D eigenvalue weighted by atomic mass is 10.2. The molecule has 112 valence electrons. The van der Waals surface area contributed by atoms with E-state index in [9.17, 15) is 13.2 Å². The first-order chi connectivity index (χ1) is 10.5. The molecule has 0 aliphatic rings.